The molecule has 7 heteroatoms. The third-order valence-corrected chi connectivity index (χ3v) is 3.46. The lowest BCUT2D eigenvalue weighted by Crippen LogP contribution is -2.14. The van der Waals surface area contributed by atoms with Crippen LogP contribution in [0.15, 0.2) is 58.6 Å². The SMILES string of the molecule is CC.N=[N+]=NCc1cn(-c2ccccc2F)c2cc(F)ccc2c1=O. The van der Waals surface area contributed by atoms with E-state index in [4.69, 9.17) is 5.53 Å². The van der Waals surface area contributed by atoms with Crippen LogP contribution in [0.5, 0.6) is 0 Å². The minimum Gasteiger partial charge on any atom is -0.313 e. The first-order valence-corrected chi connectivity index (χ1v) is 7.73. The molecule has 0 saturated heterocycles. The van der Waals surface area contributed by atoms with E-state index in [2.05, 4.69) is 10.0 Å². The van der Waals surface area contributed by atoms with Crippen LogP contribution in [0, 0.1) is 17.2 Å². The summed E-state index contributed by atoms with van der Waals surface area (Å²) in [5, 5.41) is 3.74. The van der Waals surface area contributed by atoms with Gasteiger partial charge < -0.3 is 4.57 Å². The molecule has 1 aromatic heterocycles. The van der Waals surface area contributed by atoms with Crippen LogP contribution < -0.4 is 10.3 Å². The second-order valence-corrected chi connectivity index (χ2v) is 4.87. The number of rotatable bonds is 3. The van der Waals surface area contributed by atoms with Crippen molar-refractivity contribution in [2.75, 3.05) is 0 Å². The number of hydrogen-bond acceptors (Lipinski definition) is 3. The molecule has 25 heavy (non-hydrogen) atoms. The van der Waals surface area contributed by atoms with E-state index in [1.807, 2.05) is 13.8 Å². The molecule has 5 nitrogen and oxygen atoms in total. The molecule has 0 fully saturated rings. The van der Waals surface area contributed by atoms with Gasteiger partial charge in [-0.05, 0) is 30.3 Å². The highest BCUT2D eigenvalue weighted by Crippen LogP contribution is 2.21. The maximum Gasteiger partial charge on any atom is 0.214 e. The third kappa shape index (κ3) is 3.67. The first-order chi connectivity index (χ1) is 12.1. The van der Waals surface area contributed by atoms with Gasteiger partial charge in [-0.15, -0.1) is 0 Å². The molecule has 1 N–H and O–H groups in total. The number of pyridine rings is 1. The lowest BCUT2D eigenvalue weighted by atomic mass is 10.1. The van der Waals surface area contributed by atoms with Gasteiger partial charge in [0.25, 0.3) is 0 Å². The Morgan fingerprint density at radius 1 is 1.16 bits per heavy atom. The summed E-state index contributed by atoms with van der Waals surface area (Å²) < 4.78 is 29.1. The van der Waals surface area contributed by atoms with E-state index in [-0.39, 0.29) is 34.1 Å². The Balaban J connectivity index is 0.00000109. The van der Waals surface area contributed by atoms with Gasteiger partial charge in [0.1, 0.15) is 22.3 Å². The number of fused-ring (bicyclic) bond motifs is 1. The van der Waals surface area contributed by atoms with Crippen molar-refractivity contribution < 1.29 is 8.78 Å². The van der Waals surface area contributed by atoms with Crippen LogP contribution in [0.25, 0.3) is 16.6 Å². The average Bonchev–Trinajstić information content (AvgIpc) is 2.63. The zero-order valence-corrected chi connectivity index (χ0v) is 13.8. The van der Waals surface area contributed by atoms with Crippen LogP contribution >= 0.6 is 0 Å². The van der Waals surface area contributed by atoms with E-state index in [1.54, 1.807) is 12.1 Å². The monoisotopic (exact) mass is 343 g/mol. The molecule has 1 heterocycles. The van der Waals surface area contributed by atoms with Crippen LogP contribution in [0.2, 0.25) is 0 Å². The minimum atomic E-state index is -0.527. The van der Waals surface area contributed by atoms with Crippen LogP contribution in [0.1, 0.15) is 19.4 Å². The summed E-state index contributed by atoms with van der Waals surface area (Å²) >= 11 is 0. The molecule has 128 valence electrons. The molecule has 0 amide bonds. The molecular weight excluding hydrogens is 326 g/mol. The summed E-state index contributed by atoms with van der Waals surface area (Å²) in [5.41, 5.74) is 7.04. The van der Waals surface area contributed by atoms with Crippen molar-refractivity contribution in [1.29, 1.82) is 5.53 Å². The Morgan fingerprint density at radius 2 is 1.88 bits per heavy atom. The zero-order chi connectivity index (χ0) is 18.4. The molecule has 0 atom stereocenters. The second kappa shape index (κ2) is 8.08. The van der Waals surface area contributed by atoms with E-state index in [9.17, 15) is 13.6 Å². The van der Waals surface area contributed by atoms with Gasteiger partial charge in [-0.2, -0.15) is 0 Å². The predicted octanol–water partition coefficient (Wildman–Crippen LogP) is 4.35. The Hall–Kier alpha value is -3.18. The quantitative estimate of drug-likeness (QED) is 0.557. The van der Waals surface area contributed by atoms with Gasteiger partial charge in [0.15, 0.2) is 12.0 Å². The number of hydrogen-bond donors (Lipinski definition) is 1. The molecule has 0 spiro atoms. The third-order valence-electron chi connectivity index (χ3n) is 3.46. The molecule has 0 bridgehead atoms. The van der Waals surface area contributed by atoms with E-state index < -0.39 is 11.6 Å². The van der Waals surface area contributed by atoms with Crippen molar-refractivity contribution >= 4 is 10.9 Å². The van der Waals surface area contributed by atoms with Crippen molar-refractivity contribution in [2.24, 2.45) is 5.11 Å². The maximum absolute atomic E-state index is 14.1. The first kappa shape index (κ1) is 18.2. The smallest absolute Gasteiger partial charge is 0.214 e. The number of nitrogens with one attached hydrogen (secondary N) is 1. The van der Waals surface area contributed by atoms with Crippen molar-refractivity contribution in [3.05, 3.63) is 76.1 Å². The molecule has 0 unspecified atom stereocenters. The molecule has 3 rings (SSSR count). The maximum atomic E-state index is 14.1. The van der Waals surface area contributed by atoms with E-state index in [0.717, 1.165) is 0 Å². The first-order valence-electron chi connectivity index (χ1n) is 7.73. The largest absolute Gasteiger partial charge is 0.313 e. The normalized spacial score (nSPS) is 9.92. The highest BCUT2D eigenvalue weighted by Gasteiger charge is 2.14. The zero-order valence-electron chi connectivity index (χ0n) is 13.8. The van der Waals surface area contributed by atoms with Crippen LogP contribution in [-0.4, -0.2) is 4.57 Å². The second-order valence-electron chi connectivity index (χ2n) is 4.87. The molecule has 0 aliphatic rings. The summed E-state index contributed by atoms with van der Waals surface area (Å²) in [5.74, 6) is -1.03. The number of halogens is 2. The molecule has 0 saturated carbocycles. The number of para-hydroxylation sites is 1. The average molecular weight is 343 g/mol. The molecule has 0 aliphatic heterocycles. The Morgan fingerprint density at radius 3 is 2.56 bits per heavy atom. The van der Waals surface area contributed by atoms with E-state index in [1.165, 1.54) is 41.1 Å². The molecular formula is C18H17F2N4O+. The van der Waals surface area contributed by atoms with Gasteiger partial charge in [0.2, 0.25) is 4.91 Å². The minimum absolute atomic E-state index is 0.107. The van der Waals surface area contributed by atoms with Crippen LogP contribution in [0.4, 0.5) is 8.78 Å². The van der Waals surface area contributed by atoms with Crippen molar-refractivity contribution in [1.82, 2.24) is 9.48 Å². The molecule has 0 radical (unpaired) electrons. The molecule has 2 aromatic carbocycles. The van der Waals surface area contributed by atoms with Crippen molar-refractivity contribution in [3.63, 3.8) is 0 Å². The lowest BCUT2D eigenvalue weighted by Gasteiger charge is -2.13. The highest BCUT2D eigenvalue weighted by molar-refractivity contribution is 5.81. The fourth-order valence-electron chi connectivity index (χ4n) is 2.42. The lowest BCUT2D eigenvalue weighted by molar-refractivity contribution is 0.617. The number of benzene rings is 2. The fraction of sp³-hybridized carbons (Fsp3) is 0.167. The van der Waals surface area contributed by atoms with Crippen molar-refractivity contribution in [2.45, 2.75) is 20.4 Å². The highest BCUT2D eigenvalue weighted by atomic mass is 19.1. The number of nitrogens with zero attached hydrogens (tertiary/aromatic N) is 3. The summed E-state index contributed by atoms with van der Waals surface area (Å²) in [7, 11) is 0. The van der Waals surface area contributed by atoms with Crippen LogP contribution in [0.3, 0.4) is 0 Å². The predicted molar refractivity (Wildman–Crippen MR) is 91.8 cm³/mol. The molecule has 3 aromatic rings. The van der Waals surface area contributed by atoms with E-state index >= 15 is 0 Å². The molecule has 0 aliphatic carbocycles. The van der Waals surface area contributed by atoms with Crippen molar-refractivity contribution in [3.8, 4) is 5.69 Å². The Bertz CT molecular complexity index is 1010. The fourth-order valence-corrected chi connectivity index (χ4v) is 2.42. The van der Waals surface area contributed by atoms with Crippen LogP contribution in [-0.2, 0) is 6.54 Å². The standard InChI is InChI=1S/C16H11F2N4O.C2H6/c17-11-5-6-12-15(7-11)22(14-4-2-1-3-13(14)18)9-10(16(12)23)8-20-21-19;1-2/h1-7,9,19H,8H2;1-2H3/q+1;. The Kier molecular flexibility index (Phi) is 5.87. The van der Waals surface area contributed by atoms with Gasteiger partial charge in [-0.1, -0.05) is 26.0 Å². The number of aromatic nitrogens is 1. The summed E-state index contributed by atoms with van der Waals surface area (Å²) in [6.07, 6.45) is 1.40. The summed E-state index contributed by atoms with van der Waals surface area (Å²) in [6, 6.07) is 9.70. The van der Waals surface area contributed by atoms with Gasteiger partial charge in [0.05, 0.1) is 11.2 Å². The summed E-state index contributed by atoms with van der Waals surface area (Å²) in [4.78, 5) is 15.3. The van der Waals surface area contributed by atoms with E-state index in [0.29, 0.717) is 0 Å². The summed E-state index contributed by atoms with van der Waals surface area (Å²) in [6.45, 7) is 3.89. The van der Waals surface area contributed by atoms with Gasteiger partial charge in [0, 0.05) is 17.1 Å². The van der Waals surface area contributed by atoms with Gasteiger partial charge >= 0.3 is 0 Å². The topological polar surface area (TPSA) is 72.3 Å². The van der Waals surface area contributed by atoms with Gasteiger partial charge in [-0.3, -0.25) is 4.79 Å². The van der Waals surface area contributed by atoms with Gasteiger partial charge in [-0.25, -0.2) is 8.78 Å². The Labute approximate surface area is 142 Å².